The molecule has 2 nitrogen and oxygen atoms in total. The molecule has 0 saturated heterocycles. The number of esters is 1. The number of rotatable bonds is 3. The number of carbonyl (C=O) groups excluding carboxylic acids is 1. The van der Waals surface area contributed by atoms with Gasteiger partial charge >= 0.3 is 5.97 Å². The van der Waals surface area contributed by atoms with Gasteiger partial charge in [-0.3, -0.25) is 4.79 Å². The first-order valence-corrected chi connectivity index (χ1v) is 8.25. The second kappa shape index (κ2) is 5.10. The quantitative estimate of drug-likeness (QED) is 0.715. The molecule has 0 aliphatic heterocycles. The molecule has 0 amide bonds. The van der Waals surface area contributed by atoms with E-state index >= 15 is 0 Å². The maximum atomic E-state index is 12.1. The molecule has 0 N–H and O–H groups in total. The van der Waals surface area contributed by atoms with E-state index in [2.05, 4.69) is 13.8 Å². The summed E-state index contributed by atoms with van der Waals surface area (Å²) in [5.74, 6) is 2.60. The molecule has 3 saturated carbocycles. The normalized spacial score (nSPS) is 37.5. The van der Waals surface area contributed by atoms with Crippen LogP contribution in [-0.4, -0.2) is 12.6 Å². The first-order chi connectivity index (χ1) is 9.09. The fourth-order valence-corrected chi connectivity index (χ4v) is 4.95. The van der Waals surface area contributed by atoms with Crippen LogP contribution < -0.4 is 0 Å². The minimum absolute atomic E-state index is 0.0956. The Hall–Kier alpha value is -0.530. The van der Waals surface area contributed by atoms with Crippen LogP contribution >= 0.6 is 0 Å². The SMILES string of the molecule is CC1(C)C2CCC(C2)C1COC(=O)C1CCCCC1. The summed E-state index contributed by atoms with van der Waals surface area (Å²) in [5, 5.41) is 0. The van der Waals surface area contributed by atoms with Crippen molar-refractivity contribution in [2.75, 3.05) is 6.61 Å². The topological polar surface area (TPSA) is 26.3 Å². The average molecular weight is 264 g/mol. The van der Waals surface area contributed by atoms with Crippen LogP contribution in [0.4, 0.5) is 0 Å². The molecule has 3 aliphatic carbocycles. The Morgan fingerprint density at radius 1 is 1.11 bits per heavy atom. The Bertz CT molecular complexity index is 341. The Morgan fingerprint density at radius 3 is 2.47 bits per heavy atom. The number of fused-ring (bicyclic) bond motifs is 2. The van der Waals surface area contributed by atoms with Gasteiger partial charge in [-0.25, -0.2) is 0 Å². The minimum atomic E-state index is 0.0956. The van der Waals surface area contributed by atoms with Gasteiger partial charge in [0.2, 0.25) is 0 Å². The molecular formula is C17H28O2. The lowest BCUT2D eigenvalue weighted by Gasteiger charge is -2.38. The smallest absolute Gasteiger partial charge is 0.308 e. The Labute approximate surface area is 117 Å². The van der Waals surface area contributed by atoms with Gasteiger partial charge < -0.3 is 4.74 Å². The van der Waals surface area contributed by atoms with Crippen LogP contribution in [0, 0.1) is 29.1 Å². The molecule has 0 radical (unpaired) electrons. The van der Waals surface area contributed by atoms with Crippen LogP contribution in [0.1, 0.15) is 65.2 Å². The van der Waals surface area contributed by atoms with Gasteiger partial charge in [0, 0.05) is 5.92 Å². The van der Waals surface area contributed by atoms with Crippen LogP contribution in [0.3, 0.4) is 0 Å². The maximum absolute atomic E-state index is 12.1. The van der Waals surface area contributed by atoms with Crippen molar-refractivity contribution in [3.63, 3.8) is 0 Å². The van der Waals surface area contributed by atoms with Crippen molar-refractivity contribution in [1.82, 2.24) is 0 Å². The fraction of sp³-hybridized carbons (Fsp3) is 0.941. The molecule has 0 heterocycles. The van der Waals surface area contributed by atoms with Gasteiger partial charge in [0.25, 0.3) is 0 Å². The lowest BCUT2D eigenvalue weighted by molar-refractivity contribution is -0.153. The summed E-state index contributed by atoms with van der Waals surface area (Å²) in [6, 6.07) is 0. The van der Waals surface area contributed by atoms with Gasteiger partial charge in [-0.05, 0) is 49.4 Å². The molecule has 3 unspecified atom stereocenters. The van der Waals surface area contributed by atoms with E-state index in [9.17, 15) is 4.79 Å². The third kappa shape index (κ3) is 2.43. The lowest BCUT2D eigenvalue weighted by atomic mass is 9.69. The van der Waals surface area contributed by atoms with Crippen LogP contribution in [0.5, 0.6) is 0 Å². The monoisotopic (exact) mass is 264 g/mol. The molecule has 3 fully saturated rings. The van der Waals surface area contributed by atoms with Crippen LogP contribution in [-0.2, 0) is 9.53 Å². The van der Waals surface area contributed by atoms with Crippen LogP contribution in [0.25, 0.3) is 0 Å². The number of ether oxygens (including phenoxy) is 1. The van der Waals surface area contributed by atoms with E-state index in [1.54, 1.807) is 0 Å². The summed E-state index contributed by atoms with van der Waals surface area (Å²) >= 11 is 0. The second-order valence-corrected chi connectivity index (χ2v) is 7.66. The molecule has 19 heavy (non-hydrogen) atoms. The predicted octanol–water partition coefficient (Wildman–Crippen LogP) is 4.18. The first kappa shape index (κ1) is 13.5. The molecule has 0 aromatic carbocycles. The molecule has 0 spiro atoms. The van der Waals surface area contributed by atoms with Crippen molar-refractivity contribution >= 4 is 5.97 Å². The highest BCUT2D eigenvalue weighted by Crippen LogP contribution is 2.59. The van der Waals surface area contributed by atoms with Crippen molar-refractivity contribution in [3.8, 4) is 0 Å². The molecule has 2 heteroatoms. The minimum Gasteiger partial charge on any atom is -0.465 e. The summed E-state index contributed by atoms with van der Waals surface area (Å²) in [6.07, 6.45) is 9.95. The zero-order chi connectivity index (χ0) is 13.5. The first-order valence-electron chi connectivity index (χ1n) is 8.25. The zero-order valence-electron chi connectivity index (χ0n) is 12.5. The van der Waals surface area contributed by atoms with E-state index in [0.29, 0.717) is 17.9 Å². The van der Waals surface area contributed by atoms with Gasteiger partial charge in [0.15, 0.2) is 0 Å². The van der Waals surface area contributed by atoms with Gasteiger partial charge in [0.05, 0.1) is 12.5 Å². The molecule has 3 aliphatic rings. The van der Waals surface area contributed by atoms with Crippen molar-refractivity contribution in [2.24, 2.45) is 29.1 Å². The van der Waals surface area contributed by atoms with E-state index in [-0.39, 0.29) is 11.9 Å². The van der Waals surface area contributed by atoms with Crippen molar-refractivity contribution < 1.29 is 9.53 Å². The van der Waals surface area contributed by atoms with Gasteiger partial charge in [-0.1, -0.05) is 33.1 Å². The molecule has 3 atom stereocenters. The second-order valence-electron chi connectivity index (χ2n) is 7.66. The summed E-state index contributed by atoms with van der Waals surface area (Å²) < 4.78 is 5.71. The Balaban J connectivity index is 1.53. The van der Waals surface area contributed by atoms with Crippen LogP contribution in [0.15, 0.2) is 0 Å². The number of carbonyl (C=O) groups is 1. The zero-order valence-corrected chi connectivity index (χ0v) is 12.5. The standard InChI is InChI=1S/C17H28O2/c1-17(2)14-9-8-13(10-14)15(17)11-19-16(18)12-6-4-3-5-7-12/h12-15H,3-11H2,1-2H3. The van der Waals surface area contributed by atoms with Crippen molar-refractivity contribution in [1.29, 1.82) is 0 Å². The van der Waals surface area contributed by atoms with Gasteiger partial charge in [0.1, 0.15) is 0 Å². The average Bonchev–Trinajstić information content (AvgIpc) is 2.97. The highest BCUT2D eigenvalue weighted by Gasteiger charge is 2.52. The number of hydrogen-bond acceptors (Lipinski definition) is 2. The van der Waals surface area contributed by atoms with Gasteiger partial charge in [-0.2, -0.15) is 0 Å². The number of hydrogen-bond donors (Lipinski definition) is 0. The lowest BCUT2D eigenvalue weighted by Crippen LogP contribution is -2.35. The molecule has 108 valence electrons. The summed E-state index contributed by atoms with van der Waals surface area (Å²) in [4.78, 5) is 12.1. The fourth-order valence-electron chi connectivity index (χ4n) is 4.95. The maximum Gasteiger partial charge on any atom is 0.308 e. The molecular weight excluding hydrogens is 236 g/mol. The third-order valence-corrected chi connectivity index (χ3v) is 6.39. The van der Waals surface area contributed by atoms with E-state index in [0.717, 1.165) is 24.7 Å². The van der Waals surface area contributed by atoms with Crippen molar-refractivity contribution in [3.05, 3.63) is 0 Å². The Kier molecular flexibility index (Phi) is 3.61. The largest absolute Gasteiger partial charge is 0.465 e. The summed E-state index contributed by atoms with van der Waals surface area (Å²) in [5.41, 5.74) is 0.385. The van der Waals surface area contributed by atoms with E-state index in [1.807, 2.05) is 0 Å². The molecule has 0 aromatic rings. The summed E-state index contributed by atoms with van der Waals surface area (Å²) in [6.45, 7) is 5.45. The molecule has 0 aromatic heterocycles. The third-order valence-electron chi connectivity index (χ3n) is 6.39. The summed E-state index contributed by atoms with van der Waals surface area (Å²) in [7, 11) is 0. The van der Waals surface area contributed by atoms with Crippen LogP contribution in [0.2, 0.25) is 0 Å². The highest BCUT2D eigenvalue weighted by molar-refractivity contribution is 5.72. The van der Waals surface area contributed by atoms with E-state index in [4.69, 9.17) is 4.74 Å². The van der Waals surface area contributed by atoms with E-state index in [1.165, 1.54) is 38.5 Å². The Morgan fingerprint density at radius 2 is 1.84 bits per heavy atom. The molecule has 3 rings (SSSR count). The molecule has 2 bridgehead atoms. The van der Waals surface area contributed by atoms with E-state index < -0.39 is 0 Å². The van der Waals surface area contributed by atoms with Gasteiger partial charge in [-0.15, -0.1) is 0 Å². The highest BCUT2D eigenvalue weighted by atomic mass is 16.5. The van der Waals surface area contributed by atoms with Crippen molar-refractivity contribution in [2.45, 2.75) is 65.2 Å². The predicted molar refractivity (Wildman–Crippen MR) is 75.6 cm³/mol.